The Kier molecular flexibility index (Phi) is 6.25. The molecule has 7 nitrogen and oxygen atoms in total. The van der Waals surface area contributed by atoms with Gasteiger partial charge in [-0.05, 0) is 49.2 Å². The Balaban J connectivity index is 1.23. The van der Waals surface area contributed by atoms with Gasteiger partial charge < -0.3 is 20.5 Å². The van der Waals surface area contributed by atoms with E-state index in [1.165, 1.54) is 0 Å². The van der Waals surface area contributed by atoms with Crippen LogP contribution in [-0.2, 0) is 16.0 Å². The molecule has 0 aliphatic carbocycles. The zero-order valence-electron chi connectivity index (χ0n) is 18.8. The number of benzene rings is 3. The van der Waals surface area contributed by atoms with Gasteiger partial charge in [-0.1, -0.05) is 42.5 Å². The van der Waals surface area contributed by atoms with Crippen molar-refractivity contribution in [1.29, 1.82) is 0 Å². The van der Waals surface area contributed by atoms with Gasteiger partial charge in [0.05, 0.1) is 22.4 Å². The van der Waals surface area contributed by atoms with Gasteiger partial charge in [0.1, 0.15) is 11.9 Å². The number of amides is 2. The molecule has 0 spiro atoms. The highest BCUT2D eigenvalue weighted by atomic mass is 16.2. The number of aromatic nitrogens is 2. The minimum Gasteiger partial charge on any atom is -0.354 e. The van der Waals surface area contributed by atoms with Crippen LogP contribution in [0.5, 0.6) is 0 Å². The number of anilines is 3. The van der Waals surface area contributed by atoms with Crippen molar-refractivity contribution in [2.75, 3.05) is 17.2 Å². The minimum atomic E-state index is -0.465. The molecule has 0 bridgehead atoms. The van der Waals surface area contributed by atoms with Gasteiger partial charge in [-0.15, -0.1) is 0 Å². The first-order valence-electron chi connectivity index (χ1n) is 11.6. The van der Waals surface area contributed by atoms with E-state index in [4.69, 9.17) is 0 Å². The van der Waals surface area contributed by atoms with E-state index in [2.05, 4.69) is 20.6 Å². The number of carbonyl (C=O) groups is 2. The summed E-state index contributed by atoms with van der Waals surface area (Å²) >= 11 is 0. The van der Waals surface area contributed by atoms with Gasteiger partial charge in [-0.2, -0.15) is 0 Å². The lowest BCUT2D eigenvalue weighted by molar-refractivity contribution is -0.136. The maximum absolute atomic E-state index is 13.2. The number of nitrogens with one attached hydrogen (secondary N) is 3. The van der Waals surface area contributed by atoms with E-state index in [0.717, 1.165) is 34.7 Å². The second-order valence-corrected chi connectivity index (χ2v) is 8.47. The third-order valence-electron chi connectivity index (χ3n) is 6.13. The molecule has 0 radical (unpaired) electrons. The number of hydrogen-bond acceptors (Lipinski definition) is 4. The predicted octanol–water partition coefficient (Wildman–Crippen LogP) is 4.87. The van der Waals surface area contributed by atoms with E-state index < -0.39 is 6.04 Å². The minimum absolute atomic E-state index is 0.0196. The smallest absolute Gasteiger partial charge is 0.247 e. The summed E-state index contributed by atoms with van der Waals surface area (Å²) in [6.07, 6.45) is 2.31. The van der Waals surface area contributed by atoms with Crippen LogP contribution < -0.4 is 10.6 Å². The second kappa shape index (κ2) is 9.79. The molecule has 1 fully saturated rings. The third kappa shape index (κ3) is 4.78. The van der Waals surface area contributed by atoms with Crippen molar-refractivity contribution in [1.82, 2.24) is 14.9 Å². The van der Waals surface area contributed by atoms with E-state index in [0.29, 0.717) is 31.5 Å². The monoisotopic (exact) mass is 453 g/mol. The molecule has 172 valence electrons. The van der Waals surface area contributed by atoms with Crippen molar-refractivity contribution in [2.24, 2.45) is 0 Å². The zero-order chi connectivity index (χ0) is 23.3. The van der Waals surface area contributed by atoms with E-state index in [-0.39, 0.29) is 11.8 Å². The molecule has 34 heavy (non-hydrogen) atoms. The first kappa shape index (κ1) is 21.7. The van der Waals surface area contributed by atoms with Crippen LogP contribution in [0.4, 0.5) is 17.1 Å². The summed E-state index contributed by atoms with van der Waals surface area (Å²) in [5.74, 6) is 0.612. The largest absolute Gasteiger partial charge is 0.354 e. The fourth-order valence-electron chi connectivity index (χ4n) is 4.42. The summed E-state index contributed by atoms with van der Waals surface area (Å²) in [6, 6.07) is 24.8. The Bertz CT molecular complexity index is 1270. The van der Waals surface area contributed by atoms with Crippen LogP contribution in [0.1, 0.15) is 25.1 Å². The number of imidazole rings is 1. The molecular weight excluding hydrogens is 426 g/mol. The number of carbonyl (C=O) groups excluding carboxylic acids is 2. The number of nitrogens with zero attached hydrogens (tertiary/aromatic N) is 2. The molecule has 1 aliphatic rings. The lowest BCUT2D eigenvalue weighted by Crippen LogP contribution is -2.43. The molecule has 4 aromatic rings. The van der Waals surface area contributed by atoms with Crippen LogP contribution in [0.15, 0.2) is 78.9 Å². The number of H-pyrrole nitrogens is 1. The Morgan fingerprint density at radius 2 is 1.68 bits per heavy atom. The van der Waals surface area contributed by atoms with Gasteiger partial charge in [-0.25, -0.2) is 4.98 Å². The second-order valence-electron chi connectivity index (χ2n) is 8.47. The normalized spacial score (nSPS) is 15.4. The summed E-state index contributed by atoms with van der Waals surface area (Å²) in [6.45, 7) is 0.598. The highest BCUT2D eigenvalue weighted by molar-refractivity contribution is 6.00. The van der Waals surface area contributed by atoms with Gasteiger partial charge in [0.2, 0.25) is 11.8 Å². The molecule has 1 aliphatic heterocycles. The van der Waals surface area contributed by atoms with Crippen molar-refractivity contribution >= 4 is 39.9 Å². The van der Waals surface area contributed by atoms with E-state index >= 15 is 0 Å². The summed E-state index contributed by atoms with van der Waals surface area (Å²) in [5, 5.41) is 6.38. The van der Waals surface area contributed by atoms with Gasteiger partial charge in [-0.3, -0.25) is 9.59 Å². The molecule has 1 atom stereocenters. The Labute approximate surface area is 198 Å². The van der Waals surface area contributed by atoms with Gasteiger partial charge >= 0.3 is 0 Å². The first-order chi connectivity index (χ1) is 16.7. The maximum Gasteiger partial charge on any atom is 0.247 e. The van der Waals surface area contributed by atoms with E-state index in [1.54, 1.807) is 4.90 Å². The van der Waals surface area contributed by atoms with Crippen LogP contribution in [-0.4, -0.2) is 39.3 Å². The number of hydrogen-bond donors (Lipinski definition) is 3. The molecule has 2 heterocycles. The molecule has 0 unspecified atom stereocenters. The number of aryl methyl sites for hydroxylation is 1. The van der Waals surface area contributed by atoms with E-state index in [9.17, 15) is 9.59 Å². The van der Waals surface area contributed by atoms with E-state index in [1.807, 2.05) is 78.9 Å². The highest BCUT2D eigenvalue weighted by Gasteiger charge is 2.34. The molecule has 2 amide bonds. The summed E-state index contributed by atoms with van der Waals surface area (Å²) in [4.78, 5) is 35.7. The Hall–Kier alpha value is -4.13. The van der Waals surface area contributed by atoms with Crippen LogP contribution >= 0.6 is 0 Å². The maximum atomic E-state index is 13.2. The lowest BCUT2D eigenvalue weighted by atomic mass is 10.1. The van der Waals surface area contributed by atoms with Crippen LogP contribution in [0.25, 0.3) is 11.0 Å². The average Bonchev–Trinajstić information content (AvgIpc) is 3.52. The fourth-order valence-corrected chi connectivity index (χ4v) is 4.42. The van der Waals surface area contributed by atoms with Crippen molar-refractivity contribution in [2.45, 2.75) is 31.7 Å². The summed E-state index contributed by atoms with van der Waals surface area (Å²) in [5.41, 5.74) is 4.30. The average molecular weight is 454 g/mol. The molecule has 1 saturated heterocycles. The highest BCUT2D eigenvalue weighted by Crippen LogP contribution is 2.27. The van der Waals surface area contributed by atoms with Crippen LogP contribution in [0.2, 0.25) is 0 Å². The standard InChI is InChI=1S/C27H27N5O2/c33-26(17-16-25-29-21-12-5-6-13-22(21)30-25)32-18-8-15-24(32)27(34)31-23-14-7-4-11-20(23)28-19-9-2-1-3-10-19/h1-7,9-14,24,28H,8,15-18H2,(H,29,30)(H,31,34)/t24-/m0/s1. The molecule has 5 rings (SSSR count). The molecular formula is C27H27N5O2. The number of fused-ring (bicyclic) bond motifs is 1. The van der Waals surface area contributed by atoms with Crippen molar-refractivity contribution in [3.8, 4) is 0 Å². The number of likely N-dealkylation sites (tertiary alicyclic amines) is 1. The molecule has 3 aromatic carbocycles. The van der Waals surface area contributed by atoms with Crippen molar-refractivity contribution < 1.29 is 9.59 Å². The van der Waals surface area contributed by atoms with Gasteiger partial charge in [0.25, 0.3) is 0 Å². The van der Waals surface area contributed by atoms with Crippen LogP contribution in [0, 0.1) is 0 Å². The first-order valence-corrected chi connectivity index (χ1v) is 11.6. The summed E-state index contributed by atoms with van der Waals surface area (Å²) in [7, 11) is 0. The summed E-state index contributed by atoms with van der Waals surface area (Å²) < 4.78 is 0. The Morgan fingerprint density at radius 3 is 2.50 bits per heavy atom. The topological polar surface area (TPSA) is 90.1 Å². The number of para-hydroxylation sites is 5. The Morgan fingerprint density at radius 1 is 0.941 bits per heavy atom. The van der Waals surface area contributed by atoms with Crippen molar-refractivity contribution in [3.05, 3.63) is 84.7 Å². The van der Waals surface area contributed by atoms with Crippen molar-refractivity contribution in [3.63, 3.8) is 0 Å². The molecule has 7 heteroatoms. The van der Waals surface area contributed by atoms with Gasteiger partial charge in [0.15, 0.2) is 0 Å². The number of aromatic amines is 1. The SMILES string of the molecule is O=C(Nc1ccccc1Nc1ccccc1)[C@@H]1CCCN1C(=O)CCc1nc2ccccc2[nH]1. The lowest BCUT2D eigenvalue weighted by Gasteiger charge is -2.24. The number of rotatable bonds is 7. The third-order valence-corrected chi connectivity index (χ3v) is 6.13. The molecule has 0 saturated carbocycles. The quantitative estimate of drug-likeness (QED) is 0.372. The fraction of sp³-hybridized carbons (Fsp3) is 0.222. The molecule has 3 N–H and O–H groups in total. The van der Waals surface area contributed by atoms with Gasteiger partial charge in [0, 0.05) is 25.1 Å². The zero-order valence-corrected chi connectivity index (χ0v) is 18.8. The molecule has 1 aromatic heterocycles. The predicted molar refractivity (Wildman–Crippen MR) is 134 cm³/mol. The van der Waals surface area contributed by atoms with Crippen LogP contribution in [0.3, 0.4) is 0 Å².